The van der Waals surface area contributed by atoms with Crippen LogP contribution in [-0.2, 0) is 19.7 Å². The number of aromatic carboxylic acids is 1. The van der Waals surface area contributed by atoms with Crippen LogP contribution in [0.1, 0.15) is 53.8 Å². The number of carbonyl (C=O) groups is 1. The van der Waals surface area contributed by atoms with Gasteiger partial charge in [0.05, 0.1) is 23.7 Å². The van der Waals surface area contributed by atoms with Gasteiger partial charge in [-0.1, -0.05) is 23.7 Å². The number of imidazole rings is 1. The molecule has 3 aromatic carbocycles. The predicted octanol–water partition coefficient (Wildman–Crippen LogP) is 6.98. The third kappa shape index (κ3) is 6.64. The highest BCUT2D eigenvalue weighted by molar-refractivity contribution is 6.30. The number of fused-ring (bicyclic) bond motifs is 1. The lowest BCUT2D eigenvalue weighted by Crippen LogP contribution is -2.38. The number of carboxylic acid groups (broad SMARTS) is 1. The fourth-order valence-corrected chi connectivity index (χ4v) is 5.89. The molecule has 4 aromatic rings. The molecule has 2 heterocycles. The van der Waals surface area contributed by atoms with Crippen LogP contribution >= 0.6 is 11.6 Å². The number of aromatic nitrogens is 2. The first-order valence-electron chi connectivity index (χ1n) is 14.6. The number of likely N-dealkylation sites (tertiary alicyclic amines) is 1. The van der Waals surface area contributed by atoms with Crippen LogP contribution in [0.5, 0.6) is 11.5 Å². The summed E-state index contributed by atoms with van der Waals surface area (Å²) in [5.41, 5.74) is 0.689. The Kier molecular flexibility index (Phi) is 8.43. The summed E-state index contributed by atoms with van der Waals surface area (Å²) in [6.45, 7) is 2.49. The minimum Gasteiger partial charge on any atom is -0.490 e. The van der Waals surface area contributed by atoms with Crippen molar-refractivity contribution in [3.8, 4) is 17.6 Å². The normalized spacial score (nSPS) is 16.5. The topological polar surface area (TPSA) is 101 Å². The minimum atomic E-state index is -1.20. The summed E-state index contributed by atoms with van der Waals surface area (Å²) in [5.74, 6) is -0.398. The molecule has 1 aliphatic heterocycles. The van der Waals surface area contributed by atoms with Crippen LogP contribution in [0.2, 0.25) is 5.02 Å². The van der Waals surface area contributed by atoms with Gasteiger partial charge < -0.3 is 19.1 Å². The van der Waals surface area contributed by atoms with E-state index in [1.165, 1.54) is 12.1 Å². The zero-order valence-electron chi connectivity index (χ0n) is 23.9. The second-order valence-corrected chi connectivity index (χ2v) is 12.1. The van der Waals surface area contributed by atoms with Gasteiger partial charge in [0, 0.05) is 48.1 Å². The summed E-state index contributed by atoms with van der Waals surface area (Å²) in [6.07, 6.45) is 3.69. The first-order chi connectivity index (χ1) is 21.2. The van der Waals surface area contributed by atoms with Crippen LogP contribution in [0.25, 0.3) is 11.0 Å². The Hall–Kier alpha value is -4.20. The van der Waals surface area contributed by atoms with Gasteiger partial charge in [-0.05, 0) is 62.1 Å². The molecule has 0 atom stereocenters. The number of carboxylic acids is 1. The Morgan fingerprint density at radius 2 is 1.86 bits per heavy atom. The number of rotatable bonds is 11. The number of hydrogen-bond acceptors (Lipinski definition) is 6. The maximum atomic E-state index is 15.0. The molecule has 1 N–H and O–H groups in total. The lowest BCUT2D eigenvalue weighted by molar-refractivity contribution is 0.0696. The third-order valence-corrected chi connectivity index (χ3v) is 8.69. The number of nitriles is 1. The predicted molar refractivity (Wildman–Crippen MR) is 160 cm³/mol. The molecule has 1 aliphatic carbocycles. The highest BCUT2D eigenvalue weighted by Gasteiger charge is 2.43. The van der Waals surface area contributed by atoms with Crippen molar-refractivity contribution < 1.29 is 28.2 Å². The van der Waals surface area contributed by atoms with Crippen LogP contribution < -0.4 is 9.47 Å². The fraction of sp³-hybridized carbons (Fsp3) is 0.364. The molecule has 0 radical (unpaired) electrons. The van der Waals surface area contributed by atoms with Gasteiger partial charge in [-0.3, -0.25) is 4.90 Å². The SMILES string of the molecule is N#CCC1(Cn2c(CN3CCC(Oc4cccc(OCc5ccc(Cl)cc5F)c4)CC3)nc3c(F)cc(C(=O)O)cc32)CC1. The Labute approximate surface area is 258 Å². The molecule has 2 fully saturated rings. The summed E-state index contributed by atoms with van der Waals surface area (Å²) in [4.78, 5) is 18.5. The number of piperidine rings is 1. The molecular formula is C33H31ClF2N4O4. The molecule has 0 spiro atoms. The van der Waals surface area contributed by atoms with E-state index in [4.69, 9.17) is 21.1 Å². The molecule has 6 rings (SSSR count). The van der Waals surface area contributed by atoms with E-state index in [-0.39, 0.29) is 29.2 Å². The van der Waals surface area contributed by atoms with Crippen LogP contribution in [0.3, 0.4) is 0 Å². The van der Waals surface area contributed by atoms with Crippen LogP contribution in [0, 0.1) is 28.4 Å². The van der Waals surface area contributed by atoms with Crippen molar-refractivity contribution in [3.63, 3.8) is 0 Å². The van der Waals surface area contributed by atoms with Gasteiger partial charge >= 0.3 is 5.97 Å². The lowest BCUT2D eigenvalue weighted by atomic mass is 10.0. The molecule has 0 unspecified atom stereocenters. The standard InChI is InChI=1S/C33H31ClF2N4O4/c34-23-5-4-21(27(35)16-23)19-43-25-2-1-3-26(17-25)44-24-6-12-39(13-7-24)18-30-38-31-28(36)14-22(32(41)42)15-29(31)40(30)20-33(8-9-33)10-11-37/h1-5,14-17,24H,6-10,12-13,18-20H2,(H,41,42). The van der Waals surface area contributed by atoms with E-state index in [1.54, 1.807) is 24.3 Å². The van der Waals surface area contributed by atoms with Gasteiger partial charge in [-0.25, -0.2) is 18.6 Å². The van der Waals surface area contributed by atoms with Gasteiger partial charge in [0.1, 0.15) is 41.4 Å². The fourth-order valence-electron chi connectivity index (χ4n) is 5.74. The Bertz CT molecular complexity index is 1740. The van der Waals surface area contributed by atoms with Crippen LogP contribution in [0.15, 0.2) is 54.6 Å². The molecule has 1 saturated carbocycles. The molecule has 44 heavy (non-hydrogen) atoms. The summed E-state index contributed by atoms with van der Waals surface area (Å²) in [5, 5.41) is 19.2. The summed E-state index contributed by atoms with van der Waals surface area (Å²) < 4.78 is 43.0. The molecule has 2 aliphatic rings. The van der Waals surface area contributed by atoms with E-state index < -0.39 is 17.6 Å². The largest absolute Gasteiger partial charge is 0.490 e. The highest BCUT2D eigenvalue weighted by atomic mass is 35.5. The highest BCUT2D eigenvalue weighted by Crippen LogP contribution is 2.50. The molecule has 0 amide bonds. The monoisotopic (exact) mass is 620 g/mol. The third-order valence-electron chi connectivity index (χ3n) is 8.46. The van der Waals surface area contributed by atoms with Gasteiger partial charge in [-0.15, -0.1) is 0 Å². The Morgan fingerprint density at radius 3 is 2.57 bits per heavy atom. The zero-order chi connectivity index (χ0) is 30.8. The summed E-state index contributed by atoms with van der Waals surface area (Å²) in [6, 6.07) is 16.5. The van der Waals surface area contributed by atoms with Crippen LogP contribution in [-0.4, -0.2) is 44.7 Å². The summed E-state index contributed by atoms with van der Waals surface area (Å²) >= 11 is 5.83. The first kappa shape index (κ1) is 29.9. The van der Waals surface area contributed by atoms with E-state index in [1.807, 2.05) is 16.7 Å². The number of hydrogen-bond donors (Lipinski definition) is 1. The molecule has 228 valence electrons. The average molecular weight is 621 g/mol. The average Bonchev–Trinajstić information content (AvgIpc) is 3.67. The van der Waals surface area contributed by atoms with Gasteiger partial charge in [0.2, 0.25) is 0 Å². The number of halogens is 3. The molecular weight excluding hydrogens is 590 g/mol. The van der Waals surface area contributed by atoms with Crippen molar-refractivity contribution in [1.82, 2.24) is 14.5 Å². The minimum absolute atomic E-state index is 0.0186. The number of benzene rings is 3. The van der Waals surface area contributed by atoms with Crippen molar-refractivity contribution in [1.29, 1.82) is 5.26 Å². The van der Waals surface area contributed by atoms with E-state index in [0.29, 0.717) is 52.9 Å². The van der Waals surface area contributed by atoms with Gasteiger partial charge in [0.15, 0.2) is 5.82 Å². The molecule has 11 heteroatoms. The maximum Gasteiger partial charge on any atom is 0.335 e. The number of nitrogens with zero attached hydrogens (tertiary/aromatic N) is 4. The van der Waals surface area contributed by atoms with Crippen molar-refractivity contribution >= 4 is 28.6 Å². The van der Waals surface area contributed by atoms with E-state index in [0.717, 1.165) is 44.8 Å². The van der Waals surface area contributed by atoms with E-state index in [9.17, 15) is 23.9 Å². The van der Waals surface area contributed by atoms with E-state index >= 15 is 0 Å². The second-order valence-electron chi connectivity index (χ2n) is 11.7. The molecule has 1 saturated heterocycles. The smallest absolute Gasteiger partial charge is 0.335 e. The molecule has 0 bridgehead atoms. The van der Waals surface area contributed by atoms with E-state index in [2.05, 4.69) is 16.0 Å². The van der Waals surface area contributed by atoms with Crippen molar-refractivity contribution in [2.45, 2.75) is 57.9 Å². The van der Waals surface area contributed by atoms with Crippen molar-refractivity contribution in [2.24, 2.45) is 5.41 Å². The Morgan fingerprint density at radius 1 is 1.09 bits per heavy atom. The van der Waals surface area contributed by atoms with Crippen molar-refractivity contribution in [2.75, 3.05) is 13.1 Å². The Balaban J connectivity index is 1.10. The van der Waals surface area contributed by atoms with Crippen LogP contribution in [0.4, 0.5) is 8.78 Å². The maximum absolute atomic E-state index is 15.0. The van der Waals surface area contributed by atoms with Gasteiger partial charge in [-0.2, -0.15) is 5.26 Å². The van der Waals surface area contributed by atoms with Crippen molar-refractivity contribution in [3.05, 3.63) is 88.2 Å². The second kappa shape index (κ2) is 12.4. The molecule has 8 nitrogen and oxygen atoms in total. The first-order valence-corrected chi connectivity index (χ1v) is 14.9. The quantitative estimate of drug-likeness (QED) is 0.193. The lowest BCUT2D eigenvalue weighted by Gasteiger charge is -2.32. The summed E-state index contributed by atoms with van der Waals surface area (Å²) in [7, 11) is 0. The number of ether oxygens (including phenoxy) is 2. The van der Waals surface area contributed by atoms with Gasteiger partial charge in [0.25, 0.3) is 0 Å². The zero-order valence-corrected chi connectivity index (χ0v) is 24.7. The molecule has 1 aromatic heterocycles.